The third-order valence-electron chi connectivity index (χ3n) is 18.3. The van der Waals surface area contributed by atoms with Crippen molar-refractivity contribution in [2.75, 3.05) is 179 Å². The van der Waals surface area contributed by atoms with Gasteiger partial charge in [0.1, 0.15) is 13.2 Å². The minimum atomic E-state index is -4.45. The number of rotatable bonds is 25. The molecule has 0 saturated carbocycles. The van der Waals surface area contributed by atoms with Crippen molar-refractivity contribution in [1.29, 1.82) is 0 Å². The highest BCUT2D eigenvalue weighted by Crippen LogP contribution is 2.53. The molecule has 6 aliphatic rings. The highest BCUT2D eigenvalue weighted by molar-refractivity contribution is 8.00. The number of carbonyl (C=O) groups is 3. The highest BCUT2D eigenvalue weighted by Gasteiger charge is 2.38. The largest absolute Gasteiger partial charge is 0.481 e. The Kier molecular flexibility index (Phi) is 27.5. The van der Waals surface area contributed by atoms with E-state index in [4.69, 9.17) is 24.8 Å². The second-order valence-electron chi connectivity index (χ2n) is 25.8. The summed E-state index contributed by atoms with van der Waals surface area (Å²) in [6.45, 7) is 15.8. The number of aliphatic hydroxyl groups excluding tert-OH is 2. The second-order valence-corrected chi connectivity index (χ2v) is 29.1. The van der Waals surface area contributed by atoms with E-state index in [0.717, 1.165) is 142 Å². The van der Waals surface area contributed by atoms with Crippen LogP contribution in [0.15, 0.2) is 157 Å². The first-order chi connectivity index (χ1) is 49.1. The Balaban J connectivity index is 0.000000166. The van der Waals surface area contributed by atoms with Crippen LogP contribution in [0.5, 0.6) is 0 Å². The molecule has 3 unspecified atom stereocenters. The molecule has 0 bridgehead atoms. The van der Waals surface area contributed by atoms with E-state index in [1.54, 1.807) is 22.8 Å². The molecule has 3 atom stereocenters. The summed E-state index contributed by atoms with van der Waals surface area (Å²) in [7, 11) is 0. The number of aliphatic hydroxyl groups is 2. The van der Waals surface area contributed by atoms with Gasteiger partial charge in [0.2, 0.25) is 0 Å². The van der Waals surface area contributed by atoms with Gasteiger partial charge in [0, 0.05) is 147 Å². The van der Waals surface area contributed by atoms with E-state index in [1.807, 2.05) is 77.7 Å². The quantitative estimate of drug-likeness (QED) is 0.0267. The molecule has 0 aromatic heterocycles. The molecule has 6 aromatic rings. The lowest BCUT2D eigenvalue weighted by Crippen LogP contribution is -2.51. The van der Waals surface area contributed by atoms with Crippen LogP contribution < -0.4 is 14.7 Å². The Labute approximate surface area is 604 Å². The average molecular weight is 1500 g/mol. The van der Waals surface area contributed by atoms with Crippen LogP contribution in [0.2, 0.25) is 0 Å². The number of piperazine rings is 3. The van der Waals surface area contributed by atoms with Crippen LogP contribution in [0.3, 0.4) is 0 Å². The predicted molar refractivity (Wildman–Crippen MR) is 376 cm³/mol. The Bertz CT molecular complexity index is 3830. The van der Waals surface area contributed by atoms with Gasteiger partial charge in [-0.15, -0.1) is 0 Å². The van der Waals surface area contributed by atoms with E-state index in [0.29, 0.717) is 95.7 Å². The predicted octanol–water partition coefficient (Wildman–Crippen LogP) is 11.8. The minimum absolute atomic E-state index is 0.169. The fraction of sp³-hybridized carbons (Fsp3) is 0.458. The van der Waals surface area contributed by atoms with E-state index in [9.17, 15) is 64.1 Å². The zero-order valence-corrected chi connectivity index (χ0v) is 59.1. The van der Waals surface area contributed by atoms with Gasteiger partial charge in [-0.25, -0.2) is 9.59 Å². The zero-order valence-electron chi connectivity index (χ0n) is 56.7. The first-order valence-electron chi connectivity index (χ1n) is 33.9. The maximum absolute atomic E-state index is 13.4. The number of β-amino-alcohol motifs (C(OH)–C–C–N with tert-alkyl or cyclic N) is 2. The van der Waals surface area contributed by atoms with E-state index in [1.165, 1.54) is 53.5 Å². The van der Waals surface area contributed by atoms with Crippen molar-refractivity contribution in [3.63, 3.8) is 0 Å². The van der Waals surface area contributed by atoms with E-state index in [2.05, 4.69) is 29.4 Å². The summed E-state index contributed by atoms with van der Waals surface area (Å²) in [6.07, 6.45) is -14.0. The molecule has 0 radical (unpaired) electrons. The summed E-state index contributed by atoms with van der Waals surface area (Å²) in [5.41, 5.74) is 1.99. The van der Waals surface area contributed by atoms with Gasteiger partial charge < -0.3 is 54.6 Å². The van der Waals surface area contributed by atoms with Crippen LogP contribution >= 0.6 is 35.3 Å². The number of carboxylic acid groups (broad SMARTS) is 3. The Morgan fingerprint density at radius 1 is 0.388 bits per heavy atom. The van der Waals surface area contributed by atoms with E-state index < -0.39 is 71.3 Å². The van der Waals surface area contributed by atoms with E-state index >= 15 is 0 Å². The van der Waals surface area contributed by atoms with Crippen molar-refractivity contribution in [2.24, 2.45) is 5.92 Å². The minimum Gasteiger partial charge on any atom is -0.481 e. The van der Waals surface area contributed by atoms with Crippen LogP contribution in [0, 0.1) is 5.92 Å². The molecular formula is C72H84F9N9O10S3. The fourth-order valence-corrected chi connectivity index (χ4v) is 16.2. The van der Waals surface area contributed by atoms with Crippen molar-refractivity contribution in [1.82, 2.24) is 29.4 Å². The summed E-state index contributed by atoms with van der Waals surface area (Å²) in [5.74, 6) is -3.20. The van der Waals surface area contributed by atoms with Gasteiger partial charge in [-0.2, -0.15) is 39.5 Å². The number of hydrogen-bond acceptors (Lipinski definition) is 19. The molecule has 0 spiro atoms. The maximum Gasteiger partial charge on any atom is 0.416 e. The molecule has 19 nitrogen and oxygen atoms in total. The number of benzene rings is 6. The van der Waals surface area contributed by atoms with Crippen molar-refractivity contribution in [2.45, 2.75) is 73.5 Å². The molecule has 0 amide bonds. The first-order valence-corrected chi connectivity index (χ1v) is 36.4. The van der Waals surface area contributed by atoms with Gasteiger partial charge in [0.05, 0.1) is 95.2 Å². The molecule has 5 N–H and O–H groups in total. The molecule has 6 aliphatic heterocycles. The molecule has 3 saturated heterocycles. The lowest BCUT2D eigenvalue weighted by molar-refractivity contribution is -0.143. The molecule has 6 heterocycles. The number of nitrogens with zero attached hydrogens (tertiary/aromatic N) is 9. The van der Waals surface area contributed by atoms with Crippen molar-refractivity contribution in [3.8, 4) is 0 Å². The summed E-state index contributed by atoms with van der Waals surface area (Å²) < 4.78 is 131. The van der Waals surface area contributed by atoms with Crippen molar-refractivity contribution < 1.29 is 88.9 Å². The zero-order chi connectivity index (χ0) is 73.6. The van der Waals surface area contributed by atoms with Gasteiger partial charge in [-0.05, 0) is 104 Å². The smallest absolute Gasteiger partial charge is 0.416 e. The third-order valence-corrected chi connectivity index (χ3v) is 21.7. The standard InChI is InChI=1S/C24H28F3N3O4S.2C24H28F3N3O3S/c25-24(26,27)17-5-6-22-20(13-17)30(19-3-1-2-4-21(19)35-22)15-18(31)14-29-9-7-28(8-10-29)11-12-34-16-23(32)33;1-16(23(32)33)13-28-8-10-29(11-9-28)14-18(31)15-30-19-4-2-3-5-21(19)34-22-7-6-17(12-20(22)30)24(25,26)27;25-24(26,27)18-6-7-22-20(16-18)30(19-4-1-2-5-21(19)34-22)9-3-8-28-10-12-29(13-11-28)14-15-33-17-23(31)32/h1-6,13,18,31H,7-12,14-16H2,(H,32,33);2-7,12,16,18,31H,8-11,13-15H2,1H3,(H,32,33);1-2,4-7,16H,3,8-15,17H2,(H,31,32). The Morgan fingerprint density at radius 2 is 0.689 bits per heavy atom. The number of para-hydroxylation sites is 3. The summed E-state index contributed by atoms with van der Waals surface area (Å²) in [6, 6.07) is 34.4. The van der Waals surface area contributed by atoms with Gasteiger partial charge in [-0.3, -0.25) is 29.3 Å². The summed E-state index contributed by atoms with van der Waals surface area (Å²) in [5, 5.41) is 48.2. The Morgan fingerprint density at radius 3 is 1.03 bits per heavy atom. The van der Waals surface area contributed by atoms with Gasteiger partial charge >= 0.3 is 36.4 Å². The summed E-state index contributed by atoms with van der Waals surface area (Å²) >= 11 is 4.36. The number of carboxylic acids is 3. The molecule has 31 heteroatoms. The van der Waals surface area contributed by atoms with Crippen LogP contribution in [-0.4, -0.2) is 249 Å². The lowest BCUT2D eigenvalue weighted by atomic mass is 10.1. The van der Waals surface area contributed by atoms with Crippen LogP contribution in [-0.2, 0) is 42.4 Å². The molecule has 0 aliphatic carbocycles. The van der Waals surface area contributed by atoms with E-state index in [-0.39, 0.29) is 26.3 Å². The molecule has 3 fully saturated rings. The van der Waals surface area contributed by atoms with Gasteiger partial charge in [-0.1, -0.05) is 78.6 Å². The van der Waals surface area contributed by atoms with Gasteiger partial charge in [0.15, 0.2) is 0 Å². The monoisotopic (exact) mass is 1500 g/mol. The normalized spacial score (nSPS) is 17.8. The molecule has 6 aromatic carbocycles. The van der Waals surface area contributed by atoms with Gasteiger partial charge in [0.25, 0.3) is 0 Å². The Hall–Kier alpha value is -6.85. The number of hydrogen-bond donors (Lipinski definition) is 5. The van der Waals surface area contributed by atoms with Crippen LogP contribution in [0.1, 0.15) is 30.0 Å². The fourth-order valence-electron chi connectivity index (χ4n) is 13.0. The number of fused-ring (bicyclic) bond motifs is 6. The second kappa shape index (κ2) is 36.0. The third kappa shape index (κ3) is 22.1. The van der Waals surface area contributed by atoms with Crippen LogP contribution in [0.4, 0.5) is 73.6 Å². The topological polar surface area (TPSA) is 200 Å². The molecule has 12 rings (SSSR count). The van der Waals surface area contributed by atoms with Crippen molar-refractivity contribution in [3.05, 3.63) is 144 Å². The number of aliphatic carboxylic acids is 3. The molecule has 558 valence electrons. The SMILES string of the molecule is CC(CN1CCN(CC(O)CN2c3ccccc3Sc3ccc(C(F)(F)F)cc32)CC1)C(=O)O.O=C(O)COCCN1CCN(CC(O)CN2c3ccccc3Sc3ccc(C(F)(F)F)cc32)CC1.O=C(O)COCCN1CCN(CCCN2c3ccccc3Sc3ccc(C(F)(F)F)cc32)CC1. The number of anilines is 6. The number of halogens is 9. The maximum atomic E-state index is 13.4. The summed E-state index contributed by atoms with van der Waals surface area (Å²) in [4.78, 5) is 56.1. The number of ether oxygens (including phenoxy) is 2. The number of alkyl halides is 9. The first kappa shape index (κ1) is 78.7. The molecular weight excluding hydrogens is 1420 g/mol. The lowest BCUT2D eigenvalue weighted by Gasteiger charge is -2.38. The van der Waals surface area contributed by atoms with Crippen molar-refractivity contribution >= 4 is 87.3 Å². The van der Waals surface area contributed by atoms with Crippen LogP contribution in [0.25, 0.3) is 0 Å². The highest BCUT2D eigenvalue weighted by atomic mass is 32.2. The average Bonchev–Trinajstić information content (AvgIpc) is 0.777. The molecule has 103 heavy (non-hydrogen) atoms.